The number of halogens is 1. The quantitative estimate of drug-likeness (QED) is 0.498. The summed E-state index contributed by atoms with van der Waals surface area (Å²) in [7, 11) is 0. The monoisotopic (exact) mass is 377 g/mol. The summed E-state index contributed by atoms with van der Waals surface area (Å²) in [5, 5.41) is 11.2. The van der Waals surface area contributed by atoms with Crippen molar-refractivity contribution in [3.63, 3.8) is 0 Å². The van der Waals surface area contributed by atoms with E-state index in [-0.39, 0.29) is 11.7 Å². The number of rotatable bonds is 4. The molecule has 1 aliphatic heterocycles. The van der Waals surface area contributed by atoms with Crippen molar-refractivity contribution in [3.05, 3.63) is 83.7 Å². The largest absolute Gasteiger partial charge is 0.285 e. The molecule has 3 aromatic carbocycles. The van der Waals surface area contributed by atoms with E-state index in [0.717, 1.165) is 21.9 Å². The van der Waals surface area contributed by atoms with Crippen molar-refractivity contribution < 1.29 is 9.18 Å². The van der Waals surface area contributed by atoms with Crippen LogP contribution in [0.5, 0.6) is 0 Å². The molecule has 0 aliphatic carbocycles. The Balaban J connectivity index is 1.55. The predicted octanol–water partition coefficient (Wildman–Crippen LogP) is 4.44. The highest BCUT2D eigenvalue weighted by Crippen LogP contribution is 2.22. The molecule has 27 heavy (non-hydrogen) atoms. The van der Waals surface area contributed by atoms with Crippen LogP contribution in [0.2, 0.25) is 0 Å². The van der Waals surface area contributed by atoms with E-state index in [1.165, 1.54) is 23.9 Å². The third kappa shape index (κ3) is 3.90. The van der Waals surface area contributed by atoms with Gasteiger partial charge in [-0.1, -0.05) is 66.4 Å². The first-order valence-electron chi connectivity index (χ1n) is 8.47. The maximum Gasteiger partial charge on any atom is 0.239 e. The van der Waals surface area contributed by atoms with Crippen molar-refractivity contribution in [1.82, 2.24) is 4.90 Å². The zero-order chi connectivity index (χ0) is 18.6. The lowest BCUT2D eigenvalue weighted by atomic mass is 10.1. The van der Waals surface area contributed by atoms with Gasteiger partial charge in [-0.05, 0) is 28.5 Å². The van der Waals surface area contributed by atoms with E-state index in [9.17, 15) is 9.18 Å². The second kappa shape index (κ2) is 7.72. The number of amides is 1. The number of hydrogen-bond donors (Lipinski definition) is 0. The number of hydrogen-bond acceptors (Lipinski definition) is 4. The fourth-order valence-corrected chi connectivity index (χ4v) is 3.74. The molecule has 0 unspecified atom stereocenters. The highest BCUT2D eigenvalue weighted by atomic mass is 32.2. The molecule has 1 amide bonds. The van der Waals surface area contributed by atoms with E-state index >= 15 is 0 Å². The fraction of sp³-hybridized carbons (Fsp3) is 0.0952. The van der Waals surface area contributed by atoms with E-state index in [2.05, 4.69) is 22.3 Å². The molecule has 3 aromatic rings. The Morgan fingerprint density at radius 1 is 1.04 bits per heavy atom. The summed E-state index contributed by atoms with van der Waals surface area (Å²) in [4.78, 5) is 13.7. The van der Waals surface area contributed by atoms with Crippen LogP contribution >= 0.6 is 11.8 Å². The average molecular weight is 377 g/mol. The molecule has 0 radical (unpaired) electrons. The first kappa shape index (κ1) is 17.4. The third-order valence-electron chi connectivity index (χ3n) is 4.27. The van der Waals surface area contributed by atoms with Gasteiger partial charge in [0, 0.05) is 5.56 Å². The minimum Gasteiger partial charge on any atom is -0.285 e. The maximum atomic E-state index is 13.1. The third-order valence-corrected chi connectivity index (χ3v) is 5.23. The van der Waals surface area contributed by atoms with E-state index < -0.39 is 0 Å². The van der Waals surface area contributed by atoms with E-state index in [1.54, 1.807) is 23.2 Å². The van der Waals surface area contributed by atoms with Gasteiger partial charge in [0.1, 0.15) is 5.82 Å². The fourth-order valence-electron chi connectivity index (χ4n) is 2.90. The van der Waals surface area contributed by atoms with Gasteiger partial charge in [0.15, 0.2) is 5.17 Å². The summed E-state index contributed by atoms with van der Waals surface area (Å²) in [6.45, 7) is 0.356. The SMILES string of the molecule is O=C1CS/C(=N\N=C\c2cccc3ccccc23)N1Cc1ccc(F)cc1. The second-order valence-corrected chi connectivity index (χ2v) is 7.03. The number of benzene rings is 3. The van der Waals surface area contributed by atoms with Crippen LogP contribution in [0.15, 0.2) is 76.9 Å². The zero-order valence-corrected chi connectivity index (χ0v) is 15.2. The molecule has 1 aliphatic rings. The van der Waals surface area contributed by atoms with E-state index in [4.69, 9.17) is 0 Å². The lowest BCUT2D eigenvalue weighted by Gasteiger charge is -2.15. The van der Waals surface area contributed by atoms with Crippen LogP contribution in [0, 0.1) is 5.82 Å². The van der Waals surface area contributed by atoms with Crippen LogP contribution in [-0.4, -0.2) is 27.9 Å². The number of thioether (sulfide) groups is 1. The van der Waals surface area contributed by atoms with Gasteiger partial charge in [-0.3, -0.25) is 9.69 Å². The molecule has 1 heterocycles. The van der Waals surface area contributed by atoms with Gasteiger partial charge in [-0.2, -0.15) is 5.10 Å². The molecule has 0 aromatic heterocycles. The Bertz CT molecular complexity index is 1040. The summed E-state index contributed by atoms with van der Waals surface area (Å²) in [6, 6.07) is 20.2. The molecule has 134 valence electrons. The molecular formula is C21H16FN3OS. The molecular weight excluding hydrogens is 361 g/mol. The van der Waals surface area contributed by atoms with Crippen molar-refractivity contribution >= 4 is 39.8 Å². The molecule has 4 rings (SSSR count). The molecule has 0 atom stereocenters. The number of carbonyl (C=O) groups excluding carboxylic acids is 1. The number of amidine groups is 1. The Labute approximate surface area is 160 Å². The minimum atomic E-state index is -0.297. The summed E-state index contributed by atoms with van der Waals surface area (Å²) >= 11 is 1.36. The molecule has 0 saturated carbocycles. The van der Waals surface area contributed by atoms with Crippen molar-refractivity contribution in [1.29, 1.82) is 0 Å². The Morgan fingerprint density at radius 3 is 2.67 bits per heavy atom. The average Bonchev–Trinajstić information content (AvgIpc) is 3.03. The Morgan fingerprint density at radius 2 is 1.81 bits per heavy atom. The van der Waals surface area contributed by atoms with Crippen LogP contribution in [0.3, 0.4) is 0 Å². The second-order valence-electron chi connectivity index (χ2n) is 6.09. The van der Waals surface area contributed by atoms with Crippen molar-refractivity contribution in [3.8, 4) is 0 Å². The van der Waals surface area contributed by atoms with Crippen LogP contribution in [-0.2, 0) is 11.3 Å². The summed E-state index contributed by atoms with van der Waals surface area (Å²) in [6.07, 6.45) is 1.70. The minimum absolute atomic E-state index is 0.0246. The van der Waals surface area contributed by atoms with Crippen molar-refractivity contribution in [2.24, 2.45) is 10.2 Å². The van der Waals surface area contributed by atoms with Gasteiger partial charge >= 0.3 is 0 Å². The van der Waals surface area contributed by atoms with Crippen molar-refractivity contribution in [2.75, 3.05) is 5.75 Å². The summed E-state index contributed by atoms with van der Waals surface area (Å²) in [5.74, 6) is 0.0157. The van der Waals surface area contributed by atoms with Gasteiger partial charge in [-0.15, -0.1) is 5.10 Å². The Hall–Kier alpha value is -2.99. The molecule has 1 saturated heterocycles. The lowest BCUT2D eigenvalue weighted by molar-refractivity contribution is -0.124. The normalized spacial score (nSPS) is 16.1. The molecule has 6 heteroatoms. The van der Waals surface area contributed by atoms with E-state index in [1.807, 2.05) is 30.3 Å². The molecule has 4 nitrogen and oxygen atoms in total. The topological polar surface area (TPSA) is 45.0 Å². The van der Waals surface area contributed by atoms with Gasteiger partial charge in [0.2, 0.25) is 5.91 Å². The van der Waals surface area contributed by atoms with Gasteiger partial charge in [0.05, 0.1) is 18.5 Å². The first-order valence-corrected chi connectivity index (χ1v) is 9.46. The van der Waals surface area contributed by atoms with Gasteiger partial charge in [0.25, 0.3) is 0 Å². The smallest absolute Gasteiger partial charge is 0.239 e. The highest BCUT2D eigenvalue weighted by Gasteiger charge is 2.28. The van der Waals surface area contributed by atoms with Crippen LogP contribution in [0.1, 0.15) is 11.1 Å². The molecule has 1 fully saturated rings. The summed E-state index contributed by atoms with van der Waals surface area (Å²) in [5.41, 5.74) is 1.81. The van der Waals surface area contributed by atoms with Gasteiger partial charge in [-0.25, -0.2) is 4.39 Å². The molecule has 0 bridgehead atoms. The number of carbonyl (C=O) groups is 1. The predicted molar refractivity (Wildman–Crippen MR) is 108 cm³/mol. The Kier molecular flexibility index (Phi) is 4.98. The lowest BCUT2D eigenvalue weighted by Crippen LogP contribution is -2.28. The van der Waals surface area contributed by atoms with Crippen molar-refractivity contribution in [2.45, 2.75) is 6.54 Å². The van der Waals surface area contributed by atoms with Crippen LogP contribution in [0.4, 0.5) is 4.39 Å². The summed E-state index contributed by atoms with van der Waals surface area (Å²) < 4.78 is 13.1. The highest BCUT2D eigenvalue weighted by molar-refractivity contribution is 8.15. The number of nitrogens with zero attached hydrogens (tertiary/aromatic N) is 3. The standard InChI is InChI=1S/C21H16FN3OS/c22-18-10-8-15(9-11-18)13-25-20(26)14-27-21(25)24-23-12-17-6-3-5-16-4-1-2-7-19(16)17/h1-12H,13-14H2/b23-12+,24-21-. The molecule has 0 N–H and O–H groups in total. The van der Waals surface area contributed by atoms with E-state index in [0.29, 0.717) is 17.5 Å². The van der Waals surface area contributed by atoms with Crippen LogP contribution < -0.4 is 0 Å². The first-order chi connectivity index (χ1) is 13.2. The zero-order valence-electron chi connectivity index (χ0n) is 14.4. The maximum absolute atomic E-state index is 13.1. The van der Waals surface area contributed by atoms with Crippen LogP contribution in [0.25, 0.3) is 10.8 Å². The van der Waals surface area contributed by atoms with Gasteiger partial charge < -0.3 is 0 Å². The molecule has 0 spiro atoms. The number of fused-ring (bicyclic) bond motifs is 1.